The van der Waals surface area contributed by atoms with Gasteiger partial charge in [0.05, 0.1) is 6.54 Å². The first-order valence-electron chi connectivity index (χ1n) is 6.77. The van der Waals surface area contributed by atoms with Gasteiger partial charge in [-0.2, -0.15) is 4.91 Å². The smallest absolute Gasteiger partial charge is 0.0935 e. The standard InChI is InChI=1S/C14H22N4O/c1-10-7-13(3-4-14(10)15)18-9-12(8-11(18)2)16-5-6-17-19/h3-4,7,11-12,16H,5-6,8-9,15H2,1-2H3. The maximum Gasteiger partial charge on any atom is 0.0935 e. The van der Waals surface area contributed by atoms with Crippen molar-refractivity contribution in [2.75, 3.05) is 30.3 Å². The summed E-state index contributed by atoms with van der Waals surface area (Å²) >= 11 is 0. The lowest BCUT2D eigenvalue weighted by molar-refractivity contribution is 0.545. The van der Waals surface area contributed by atoms with Gasteiger partial charge in [0, 0.05) is 36.5 Å². The topological polar surface area (TPSA) is 70.7 Å². The molecule has 0 amide bonds. The molecule has 19 heavy (non-hydrogen) atoms. The Hall–Kier alpha value is -1.62. The van der Waals surface area contributed by atoms with Crippen molar-refractivity contribution in [2.45, 2.75) is 32.4 Å². The van der Waals surface area contributed by atoms with Crippen LogP contribution in [0.15, 0.2) is 23.4 Å². The van der Waals surface area contributed by atoms with E-state index in [1.807, 2.05) is 13.0 Å². The van der Waals surface area contributed by atoms with Gasteiger partial charge in [-0.05, 0) is 44.0 Å². The van der Waals surface area contributed by atoms with E-state index in [0.29, 0.717) is 25.2 Å². The normalized spacial score (nSPS) is 22.7. The van der Waals surface area contributed by atoms with E-state index in [1.165, 1.54) is 5.69 Å². The Balaban J connectivity index is 2.00. The van der Waals surface area contributed by atoms with Crippen molar-refractivity contribution in [3.05, 3.63) is 28.7 Å². The van der Waals surface area contributed by atoms with E-state index in [1.54, 1.807) is 0 Å². The molecule has 1 aromatic carbocycles. The average molecular weight is 262 g/mol. The van der Waals surface area contributed by atoms with Gasteiger partial charge in [0.25, 0.3) is 0 Å². The molecule has 1 aromatic rings. The Morgan fingerprint density at radius 1 is 1.53 bits per heavy atom. The second kappa shape index (κ2) is 6.02. The monoisotopic (exact) mass is 262 g/mol. The molecule has 0 spiro atoms. The number of benzene rings is 1. The van der Waals surface area contributed by atoms with Gasteiger partial charge in [-0.3, -0.25) is 0 Å². The molecule has 0 saturated carbocycles. The molecule has 2 atom stereocenters. The van der Waals surface area contributed by atoms with Crippen LogP contribution in [0.2, 0.25) is 0 Å². The molecule has 1 heterocycles. The SMILES string of the molecule is Cc1cc(N2CC(NCCN=O)CC2C)ccc1N. The number of nitrogens with one attached hydrogen (secondary N) is 1. The van der Waals surface area contributed by atoms with Crippen molar-refractivity contribution in [1.82, 2.24) is 5.32 Å². The molecule has 104 valence electrons. The quantitative estimate of drug-likeness (QED) is 0.483. The Labute approximate surface area is 114 Å². The van der Waals surface area contributed by atoms with Crippen LogP contribution in [0.25, 0.3) is 0 Å². The zero-order chi connectivity index (χ0) is 13.8. The van der Waals surface area contributed by atoms with Crippen LogP contribution in [0, 0.1) is 11.8 Å². The van der Waals surface area contributed by atoms with E-state index < -0.39 is 0 Å². The predicted octanol–water partition coefficient (Wildman–Crippen LogP) is 1.90. The van der Waals surface area contributed by atoms with E-state index in [0.717, 1.165) is 24.2 Å². The third-order valence-electron chi connectivity index (χ3n) is 3.80. The first kappa shape index (κ1) is 13.8. The van der Waals surface area contributed by atoms with Gasteiger partial charge < -0.3 is 16.0 Å². The van der Waals surface area contributed by atoms with Gasteiger partial charge in [-0.1, -0.05) is 5.18 Å². The van der Waals surface area contributed by atoms with Crippen molar-refractivity contribution in [2.24, 2.45) is 5.18 Å². The van der Waals surface area contributed by atoms with Crippen molar-refractivity contribution in [3.8, 4) is 0 Å². The minimum atomic E-state index is 0.339. The summed E-state index contributed by atoms with van der Waals surface area (Å²) in [4.78, 5) is 12.5. The Morgan fingerprint density at radius 2 is 2.32 bits per heavy atom. The molecule has 1 aliphatic heterocycles. The minimum Gasteiger partial charge on any atom is -0.399 e. The zero-order valence-electron chi connectivity index (χ0n) is 11.6. The number of nitroso groups, excluding NO2 is 1. The third-order valence-corrected chi connectivity index (χ3v) is 3.80. The fourth-order valence-corrected chi connectivity index (χ4v) is 2.69. The Kier molecular flexibility index (Phi) is 4.37. The molecule has 0 aliphatic carbocycles. The average Bonchev–Trinajstić information content (AvgIpc) is 2.74. The molecular formula is C14H22N4O. The van der Waals surface area contributed by atoms with E-state index >= 15 is 0 Å². The second-order valence-electron chi connectivity index (χ2n) is 5.28. The largest absolute Gasteiger partial charge is 0.399 e. The molecule has 3 N–H and O–H groups in total. The van der Waals surface area contributed by atoms with Crippen molar-refractivity contribution < 1.29 is 0 Å². The van der Waals surface area contributed by atoms with Crippen LogP contribution in [-0.4, -0.2) is 31.7 Å². The molecule has 2 rings (SSSR count). The highest BCUT2D eigenvalue weighted by atomic mass is 16.3. The van der Waals surface area contributed by atoms with Gasteiger partial charge in [-0.25, -0.2) is 0 Å². The van der Waals surface area contributed by atoms with E-state index in [2.05, 4.69) is 34.5 Å². The Morgan fingerprint density at radius 3 is 3.00 bits per heavy atom. The summed E-state index contributed by atoms with van der Waals surface area (Å²) in [5, 5.41) is 6.25. The first-order valence-corrected chi connectivity index (χ1v) is 6.77. The number of anilines is 2. The lowest BCUT2D eigenvalue weighted by Gasteiger charge is -2.24. The van der Waals surface area contributed by atoms with Crippen LogP contribution in [0.5, 0.6) is 0 Å². The molecular weight excluding hydrogens is 240 g/mol. The number of nitrogens with two attached hydrogens (primary N) is 1. The number of hydrogen-bond donors (Lipinski definition) is 2. The van der Waals surface area contributed by atoms with Crippen LogP contribution in [0.1, 0.15) is 18.9 Å². The maximum atomic E-state index is 10.1. The van der Waals surface area contributed by atoms with E-state index in [9.17, 15) is 4.91 Å². The molecule has 5 heteroatoms. The van der Waals surface area contributed by atoms with E-state index in [-0.39, 0.29) is 0 Å². The summed E-state index contributed by atoms with van der Waals surface area (Å²) in [6.07, 6.45) is 1.09. The predicted molar refractivity (Wildman–Crippen MR) is 79.5 cm³/mol. The highest BCUT2D eigenvalue weighted by Crippen LogP contribution is 2.27. The fourth-order valence-electron chi connectivity index (χ4n) is 2.69. The Bertz CT molecular complexity index is 449. The molecule has 2 unspecified atom stereocenters. The number of nitrogens with zero attached hydrogens (tertiary/aromatic N) is 2. The zero-order valence-corrected chi connectivity index (χ0v) is 11.6. The molecule has 1 fully saturated rings. The summed E-state index contributed by atoms with van der Waals surface area (Å²) in [5.74, 6) is 0. The van der Waals surface area contributed by atoms with Gasteiger partial charge in [0.2, 0.25) is 0 Å². The third kappa shape index (κ3) is 3.23. The first-order chi connectivity index (χ1) is 9.11. The molecule has 0 aromatic heterocycles. The van der Waals surface area contributed by atoms with Gasteiger partial charge in [0.1, 0.15) is 0 Å². The highest BCUT2D eigenvalue weighted by Gasteiger charge is 2.28. The summed E-state index contributed by atoms with van der Waals surface area (Å²) in [7, 11) is 0. The molecule has 1 aliphatic rings. The molecule has 5 nitrogen and oxygen atoms in total. The number of rotatable bonds is 5. The maximum absolute atomic E-state index is 10.1. The highest BCUT2D eigenvalue weighted by molar-refractivity contribution is 5.59. The molecule has 0 radical (unpaired) electrons. The minimum absolute atomic E-state index is 0.339. The lowest BCUT2D eigenvalue weighted by Crippen LogP contribution is -2.34. The van der Waals surface area contributed by atoms with Gasteiger partial charge in [-0.15, -0.1) is 0 Å². The van der Waals surface area contributed by atoms with Crippen LogP contribution >= 0.6 is 0 Å². The van der Waals surface area contributed by atoms with E-state index in [4.69, 9.17) is 5.73 Å². The van der Waals surface area contributed by atoms with Crippen molar-refractivity contribution >= 4 is 11.4 Å². The fraction of sp³-hybridized carbons (Fsp3) is 0.571. The van der Waals surface area contributed by atoms with Crippen molar-refractivity contribution in [3.63, 3.8) is 0 Å². The van der Waals surface area contributed by atoms with Gasteiger partial charge >= 0.3 is 0 Å². The van der Waals surface area contributed by atoms with Crippen molar-refractivity contribution in [1.29, 1.82) is 0 Å². The summed E-state index contributed by atoms with van der Waals surface area (Å²) in [6, 6.07) is 7.10. The van der Waals surface area contributed by atoms with Crippen LogP contribution < -0.4 is 16.0 Å². The molecule has 0 bridgehead atoms. The number of aryl methyl sites for hydroxylation is 1. The lowest BCUT2D eigenvalue weighted by atomic mass is 10.1. The van der Waals surface area contributed by atoms with Crippen LogP contribution in [-0.2, 0) is 0 Å². The summed E-state index contributed by atoms with van der Waals surface area (Å²) in [6.45, 7) is 6.22. The summed E-state index contributed by atoms with van der Waals surface area (Å²) < 4.78 is 0. The number of hydrogen-bond acceptors (Lipinski definition) is 5. The molecule has 1 saturated heterocycles. The van der Waals surface area contributed by atoms with Crippen LogP contribution in [0.3, 0.4) is 0 Å². The summed E-state index contributed by atoms with van der Waals surface area (Å²) in [5.41, 5.74) is 9.03. The second-order valence-corrected chi connectivity index (χ2v) is 5.28. The van der Waals surface area contributed by atoms with Gasteiger partial charge in [0.15, 0.2) is 0 Å². The number of nitrogen functional groups attached to an aromatic ring is 1. The van der Waals surface area contributed by atoms with Crippen LogP contribution in [0.4, 0.5) is 11.4 Å².